The molecule has 2 aliphatic heterocycles. The summed E-state index contributed by atoms with van der Waals surface area (Å²) in [5, 5.41) is 19.8. The van der Waals surface area contributed by atoms with Crippen LogP contribution >= 0.6 is 0 Å². The van der Waals surface area contributed by atoms with Crippen molar-refractivity contribution >= 4 is 17.5 Å². The second-order valence-electron chi connectivity index (χ2n) is 10.5. The van der Waals surface area contributed by atoms with E-state index < -0.39 is 5.60 Å². The van der Waals surface area contributed by atoms with Gasteiger partial charge in [0.1, 0.15) is 11.9 Å². The zero-order valence-electron chi connectivity index (χ0n) is 21.0. The van der Waals surface area contributed by atoms with Crippen molar-refractivity contribution in [3.63, 3.8) is 0 Å². The molecule has 0 saturated carbocycles. The second-order valence-corrected chi connectivity index (χ2v) is 10.5. The van der Waals surface area contributed by atoms with Crippen molar-refractivity contribution < 1.29 is 5.11 Å². The molecule has 186 valence electrons. The molecule has 1 N–H and O–H groups in total. The summed E-state index contributed by atoms with van der Waals surface area (Å²) in [6, 6.07) is 5.98. The third-order valence-corrected chi connectivity index (χ3v) is 7.20. The van der Waals surface area contributed by atoms with Gasteiger partial charge in [-0.3, -0.25) is 4.90 Å². The molecule has 1 aliphatic carbocycles. The van der Waals surface area contributed by atoms with Crippen LogP contribution in [0.5, 0.6) is 0 Å². The lowest BCUT2D eigenvalue weighted by molar-refractivity contribution is -0.0882. The van der Waals surface area contributed by atoms with Crippen molar-refractivity contribution in [2.75, 3.05) is 37.6 Å². The normalized spacial score (nSPS) is 26.6. The Bertz CT molecular complexity index is 1230. The van der Waals surface area contributed by atoms with Crippen LogP contribution in [0.4, 0.5) is 11.8 Å². The van der Waals surface area contributed by atoms with Gasteiger partial charge in [-0.2, -0.15) is 5.26 Å². The molecule has 2 saturated heterocycles. The number of allylic oxidation sites excluding steroid dienone is 3. The molecule has 2 fully saturated rings. The number of nitriles is 1. The molecule has 0 radical (unpaired) electrons. The molecule has 8 heteroatoms. The van der Waals surface area contributed by atoms with E-state index in [4.69, 9.17) is 4.99 Å². The topological polar surface area (TPSA) is 102 Å². The Balaban J connectivity index is 1.34. The summed E-state index contributed by atoms with van der Waals surface area (Å²) in [6.07, 6.45) is 15.2. The summed E-state index contributed by atoms with van der Waals surface area (Å²) in [7, 11) is 0. The zero-order chi connectivity index (χ0) is 25.1. The molecule has 5 rings (SSSR count). The molecule has 0 spiro atoms. The van der Waals surface area contributed by atoms with E-state index in [0.29, 0.717) is 29.0 Å². The standard InChI is InChI=1S/C28H33N7O/c1-20-6-5-7-24(9-8-21(20)17-34-18-28(2,36)19-34)32-27-30-11-10-25(33-27)23-14-22(15-29)26(31-16-23)35-12-3-4-13-35/h5,7-11,14,16,20-21,36H,3-4,6,12-13,17-19H2,1-2H3/b7-5+,9-8-,32-24?. The minimum atomic E-state index is -0.554. The quantitative estimate of drug-likeness (QED) is 0.688. The van der Waals surface area contributed by atoms with Crippen molar-refractivity contribution in [2.24, 2.45) is 16.8 Å². The number of nitrogens with zero attached hydrogens (tertiary/aromatic N) is 7. The van der Waals surface area contributed by atoms with Crippen LogP contribution in [0.2, 0.25) is 0 Å². The van der Waals surface area contributed by atoms with Crippen LogP contribution < -0.4 is 4.90 Å². The van der Waals surface area contributed by atoms with Gasteiger partial charge in [0.05, 0.1) is 22.6 Å². The van der Waals surface area contributed by atoms with Gasteiger partial charge in [-0.25, -0.2) is 19.9 Å². The molecule has 2 aromatic rings. The largest absolute Gasteiger partial charge is 0.388 e. The summed E-state index contributed by atoms with van der Waals surface area (Å²) >= 11 is 0. The number of likely N-dealkylation sites (tertiary alicyclic amines) is 1. The van der Waals surface area contributed by atoms with Crippen molar-refractivity contribution in [3.8, 4) is 17.3 Å². The van der Waals surface area contributed by atoms with Crippen molar-refractivity contribution in [1.29, 1.82) is 5.26 Å². The zero-order valence-corrected chi connectivity index (χ0v) is 21.0. The van der Waals surface area contributed by atoms with Crippen LogP contribution in [0, 0.1) is 23.2 Å². The third kappa shape index (κ3) is 5.53. The summed E-state index contributed by atoms with van der Waals surface area (Å²) in [5.74, 6) is 2.02. The van der Waals surface area contributed by atoms with Gasteiger partial charge < -0.3 is 10.0 Å². The van der Waals surface area contributed by atoms with Crippen LogP contribution in [0.3, 0.4) is 0 Å². The predicted octanol–water partition coefficient (Wildman–Crippen LogP) is 3.92. The second kappa shape index (κ2) is 10.3. The Morgan fingerprint density at radius 1 is 1.22 bits per heavy atom. The molecule has 2 aromatic heterocycles. The van der Waals surface area contributed by atoms with Gasteiger partial charge in [-0.1, -0.05) is 19.1 Å². The van der Waals surface area contributed by atoms with Crippen molar-refractivity contribution in [3.05, 3.63) is 54.4 Å². The Kier molecular flexibility index (Phi) is 6.95. The number of pyridine rings is 1. The van der Waals surface area contributed by atoms with Gasteiger partial charge in [0.25, 0.3) is 0 Å². The summed E-state index contributed by atoms with van der Waals surface area (Å²) in [4.78, 5) is 22.8. The fraction of sp³-hybridized carbons (Fsp3) is 0.464. The van der Waals surface area contributed by atoms with E-state index in [0.717, 1.165) is 69.1 Å². The van der Waals surface area contributed by atoms with Crippen molar-refractivity contribution in [2.45, 2.75) is 38.7 Å². The lowest BCUT2D eigenvalue weighted by Gasteiger charge is -2.46. The van der Waals surface area contributed by atoms with Gasteiger partial charge in [0.15, 0.2) is 0 Å². The maximum Gasteiger partial charge on any atom is 0.250 e. The van der Waals surface area contributed by atoms with E-state index in [2.05, 4.69) is 49.9 Å². The van der Waals surface area contributed by atoms with Crippen LogP contribution in [0.1, 0.15) is 38.7 Å². The number of hydrogen-bond acceptors (Lipinski definition) is 8. The molecule has 0 aromatic carbocycles. The summed E-state index contributed by atoms with van der Waals surface area (Å²) in [5.41, 5.74) is 2.29. The molecule has 2 atom stereocenters. The smallest absolute Gasteiger partial charge is 0.250 e. The van der Waals surface area contributed by atoms with E-state index in [1.807, 2.05) is 31.2 Å². The summed E-state index contributed by atoms with van der Waals surface area (Å²) in [6.45, 7) is 8.42. The monoisotopic (exact) mass is 483 g/mol. The molecule has 0 bridgehead atoms. The highest BCUT2D eigenvalue weighted by atomic mass is 16.3. The molecule has 4 heterocycles. The summed E-state index contributed by atoms with van der Waals surface area (Å²) < 4.78 is 0. The molecule has 3 aliphatic rings. The number of aromatic nitrogens is 3. The van der Waals surface area contributed by atoms with E-state index in [1.54, 1.807) is 12.4 Å². The maximum atomic E-state index is 10.1. The molecule has 0 amide bonds. The molecular formula is C28H33N7O. The molecule has 8 nitrogen and oxygen atoms in total. The van der Waals surface area contributed by atoms with Gasteiger partial charge in [0, 0.05) is 50.7 Å². The van der Waals surface area contributed by atoms with E-state index in [1.165, 1.54) is 0 Å². The average molecular weight is 484 g/mol. The van der Waals surface area contributed by atoms with E-state index in [-0.39, 0.29) is 0 Å². The van der Waals surface area contributed by atoms with E-state index in [9.17, 15) is 10.4 Å². The third-order valence-electron chi connectivity index (χ3n) is 7.20. The maximum absolute atomic E-state index is 10.1. The fourth-order valence-electron chi connectivity index (χ4n) is 5.24. The molecule has 36 heavy (non-hydrogen) atoms. The average Bonchev–Trinajstić information content (AvgIpc) is 3.38. The Labute approximate surface area is 212 Å². The van der Waals surface area contributed by atoms with Crippen LogP contribution in [0.25, 0.3) is 11.3 Å². The number of aliphatic imine (C=N–C) groups is 1. The number of rotatable bonds is 5. The van der Waals surface area contributed by atoms with Crippen molar-refractivity contribution in [1.82, 2.24) is 19.9 Å². The molecular weight excluding hydrogens is 450 g/mol. The lowest BCUT2D eigenvalue weighted by Crippen LogP contribution is -2.60. The molecule has 2 unspecified atom stereocenters. The number of β-amino-alcohol motifs (C(OH)–C–C–N with tert-alkyl or cyclic N) is 1. The first-order valence-corrected chi connectivity index (χ1v) is 12.8. The Morgan fingerprint density at radius 2 is 2.03 bits per heavy atom. The first kappa shape index (κ1) is 24.3. The van der Waals surface area contributed by atoms with Crippen LogP contribution in [-0.2, 0) is 0 Å². The first-order chi connectivity index (χ1) is 17.4. The van der Waals surface area contributed by atoms with Gasteiger partial charge in [0.2, 0.25) is 5.95 Å². The Hall–Kier alpha value is -3.41. The van der Waals surface area contributed by atoms with Gasteiger partial charge in [-0.05, 0) is 62.3 Å². The predicted molar refractivity (Wildman–Crippen MR) is 141 cm³/mol. The number of aliphatic hydroxyl groups is 1. The Morgan fingerprint density at radius 3 is 2.78 bits per heavy atom. The minimum absolute atomic E-state index is 0.378. The van der Waals surface area contributed by atoms with Crippen LogP contribution in [-0.4, -0.2) is 69.0 Å². The van der Waals surface area contributed by atoms with Gasteiger partial charge >= 0.3 is 0 Å². The SMILES string of the molecule is CC1C/C=C/C(=Nc2nccc(-c3cnc(N4CCCC4)c(C#N)c3)n2)/C=C\C1CN1CC(C)(O)C1. The highest BCUT2D eigenvalue weighted by molar-refractivity contribution is 6.05. The fourth-order valence-corrected chi connectivity index (χ4v) is 5.24. The van der Waals surface area contributed by atoms with E-state index >= 15 is 0 Å². The first-order valence-electron chi connectivity index (χ1n) is 12.8. The van der Waals surface area contributed by atoms with Gasteiger partial charge in [-0.15, -0.1) is 0 Å². The lowest BCUT2D eigenvalue weighted by atomic mass is 9.86. The highest BCUT2D eigenvalue weighted by Gasteiger charge is 2.37. The number of hydrogen-bond donors (Lipinski definition) is 1. The number of anilines is 1. The highest BCUT2D eigenvalue weighted by Crippen LogP contribution is 2.28. The van der Waals surface area contributed by atoms with Crippen LogP contribution in [0.15, 0.2) is 53.8 Å². The minimum Gasteiger partial charge on any atom is -0.388 e.